The van der Waals surface area contributed by atoms with Crippen LogP contribution >= 0.6 is 11.8 Å². The number of carbonyl (C=O) groups is 2. The number of thioether (sulfide) groups is 1. The van der Waals surface area contributed by atoms with Crippen LogP contribution in [-0.4, -0.2) is 34.2 Å². The van der Waals surface area contributed by atoms with Gasteiger partial charge in [-0.2, -0.15) is 0 Å². The van der Waals surface area contributed by atoms with Crippen LogP contribution in [0.3, 0.4) is 0 Å². The summed E-state index contributed by atoms with van der Waals surface area (Å²) < 4.78 is 5.24. The molecule has 0 aliphatic rings. The Balaban J connectivity index is 3.37. The van der Waals surface area contributed by atoms with Crippen LogP contribution in [0.5, 0.6) is 0 Å². The first-order valence-corrected chi connectivity index (χ1v) is 12.6. The molecule has 0 spiro atoms. The van der Waals surface area contributed by atoms with Gasteiger partial charge in [0, 0.05) is 0 Å². The highest BCUT2D eigenvalue weighted by Crippen LogP contribution is 2.19. The Hall–Kier alpha value is -0.970. The zero-order valence-electron chi connectivity index (χ0n) is 19.0. The molecule has 0 saturated heterocycles. The van der Waals surface area contributed by atoms with E-state index < -0.39 is 16.5 Å². The third-order valence-electron chi connectivity index (χ3n) is 4.99. The molecular weight excluding hydrogens is 384 g/mol. The van der Waals surface area contributed by atoms with E-state index in [4.69, 9.17) is 9.84 Å². The molecule has 170 valence electrons. The normalized spacial score (nSPS) is 13.5. The summed E-state index contributed by atoms with van der Waals surface area (Å²) in [7, 11) is 0. The van der Waals surface area contributed by atoms with Gasteiger partial charge in [0.2, 0.25) is 0 Å². The van der Waals surface area contributed by atoms with E-state index in [0.29, 0.717) is 6.61 Å². The molecule has 0 amide bonds. The standard InChI is InChI=1S/C24H44O4S/c1-4-5-6-7-8-9-10-11-12-13-14-15-16-17-18-19-20-28-24(27)22(3)29-21(2)23(25)26/h11-12,21-22H,4-10,13-20H2,1-3H3,(H,25,26)/b12-11-. The highest BCUT2D eigenvalue weighted by molar-refractivity contribution is 8.01. The maximum absolute atomic E-state index is 11.8. The Morgan fingerprint density at radius 2 is 1.28 bits per heavy atom. The molecule has 0 heterocycles. The molecule has 4 nitrogen and oxygen atoms in total. The second-order valence-electron chi connectivity index (χ2n) is 7.86. The molecule has 0 rings (SSSR count). The number of rotatable bonds is 20. The molecule has 1 N–H and O–H groups in total. The zero-order chi connectivity index (χ0) is 21.7. The Kier molecular flexibility index (Phi) is 19.6. The number of hydrogen-bond acceptors (Lipinski definition) is 4. The molecule has 0 aromatic heterocycles. The number of hydrogen-bond donors (Lipinski definition) is 1. The zero-order valence-corrected chi connectivity index (χ0v) is 19.8. The van der Waals surface area contributed by atoms with E-state index >= 15 is 0 Å². The average molecular weight is 429 g/mol. The van der Waals surface area contributed by atoms with Gasteiger partial charge in [0.1, 0.15) is 10.5 Å². The summed E-state index contributed by atoms with van der Waals surface area (Å²) in [5.41, 5.74) is 0. The van der Waals surface area contributed by atoms with Crippen molar-refractivity contribution in [2.24, 2.45) is 0 Å². The summed E-state index contributed by atoms with van der Waals surface area (Å²) in [5, 5.41) is 7.84. The van der Waals surface area contributed by atoms with E-state index in [1.807, 2.05) is 0 Å². The first kappa shape index (κ1) is 28.0. The summed E-state index contributed by atoms with van der Waals surface area (Å²) in [6.45, 7) is 5.98. The van der Waals surface area contributed by atoms with Crippen molar-refractivity contribution in [1.29, 1.82) is 0 Å². The van der Waals surface area contributed by atoms with E-state index in [0.717, 1.165) is 24.6 Å². The predicted molar refractivity (Wildman–Crippen MR) is 125 cm³/mol. The Morgan fingerprint density at radius 3 is 1.79 bits per heavy atom. The molecule has 0 fully saturated rings. The first-order valence-electron chi connectivity index (χ1n) is 11.7. The summed E-state index contributed by atoms with van der Waals surface area (Å²) in [6.07, 6.45) is 22.2. The third-order valence-corrected chi connectivity index (χ3v) is 6.20. The Morgan fingerprint density at radius 1 is 0.793 bits per heavy atom. The van der Waals surface area contributed by atoms with Crippen molar-refractivity contribution in [3.63, 3.8) is 0 Å². The minimum atomic E-state index is -0.900. The number of ether oxygens (including phenoxy) is 1. The van der Waals surface area contributed by atoms with E-state index in [1.165, 1.54) is 77.0 Å². The number of carboxylic acid groups (broad SMARTS) is 1. The van der Waals surface area contributed by atoms with Crippen LogP contribution in [0.4, 0.5) is 0 Å². The number of aliphatic carboxylic acids is 1. The lowest BCUT2D eigenvalue weighted by atomic mass is 10.1. The maximum atomic E-state index is 11.8. The molecule has 0 aromatic rings. The number of carboxylic acids is 1. The van der Waals surface area contributed by atoms with Gasteiger partial charge in [-0.1, -0.05) is 76.9 Å². The number of carbonyl (C=O) groups excluding carboxylic acids is 1. The average Bonchev–Trinajstić information content (AvgIpc) is 2.69. The fourth-order valence-electron chi connectivity index (χ4n) is 3.06. The quantitative estimate of drug-likeness (QED) is 0.127. The van der Waals surface area contributed by atoms with Crippen LogP contribution in [0.2, 0.25) is 0 Å². The van der Waals surface area contributed by atoms with Crippen molar-refractivity contribution in [2.75, 3.05) is 6.61 Å². The van der Waals surface area contributed by atoms with E-state index in [2.05, 4.69) is 19.1 Å². The number of esters is 1. The monoisotopic (exact) mass is 428 g/mol. The predicted octanol–water partition coefficient (Wildman–Crippen LogP) is 7.16. The van der Waals surface area contributed by atoms with E-state index in [1.54, 1.807) is 13.8 Å². The maximum Gasteiger partial charge on any atom is 0.318 e. The fourth-order valence-corrected chi connectivity index (χ4v) is 3.97. The lowest BCUT2D eigenvalue weighted by molar-refractivity contribution is -0.142. The minimum Gasteiger partial charge on any atom is -0.480 e. The molecular formula is C24H44O4S. The van der Waals surface area contributed by atoms with E-state index in [9.17, 15) is 9.59 Å². The van der Waals surface area contributed by atoms with Crippen LogP contribution in [0, 0.1) is 0 Å². The second-order valence-corrected chi connectivity index (χ2v) is 9.55. The van der Waals surface area contributed by atoms with Gasteiger partial charge in [-0.05, 0) is 46.0 Å². The summed E-state index contributed by atoms with van der Waals surface area (Å²) >= 11 is 1.13. The van der Waals surface area contributed by atoms with E-state index in [-0.39, 0.29) is 5.97 Å². The Labute approximate surface area is 183 Å². The van der Waals surface area contributed by atoms with Gasteiger partial charge in [0.05, 0.1) is 6.61 Å². The molecule has 29 heavy (non-hydrogen) atoms. The van der Waals surface area contributed by atoms with Gasteiger partial charge in [0.25, 0.3) is 0 Å². The molecule has 0 saturated carbocycles. The fraction of sp³-hybridized carbons (Fsp3) is 0.833. The largest absolute Gasteiger partial charge is 0.480 e. The molecule has 0 aromatic carbocycles. The van der Waals surface area contributed by atoms with Gasteiger partial charge in [-0.25, -0.2) is 0 Å². The number of unbranched alkanes of at least 4 members (excludes halogenated alkanes) is 12. The van der Waals surface area contributed by atoms with Crippen LogP contribution in [0.1, 0.15) is 111 Å². The van der Waals surface area contributed by atoms with Crippen molar-refractivity contribution in [3.05, 3.63) is 12.2 Å². The SMILES string of the molecule is CCCCCCCC/C=C\CCCCCCCCOC(=O)C(C)SC(C)C(=O)O. The molecule has 0 radical (unpaired) electrons. The highest BCUT2D eigenvalue weighted by Gasteiger charge is 2.21. The smallest absolute Gasteiger partial charge is 0.318 e. The first-order chi connectivity index (χ1) is 14.0. The van der Waals surface area contributed by atoms with Crippen molar-refractivity contribution in [1.82, 2.24) is 0 Å². The lowest BCUT2D eigenvalue weighted by Crippen LogP contribution is -2.23. The second kappa shape index (κ2) is 20.3. The van der Waals surface area contributed by atoms with Crippen LogP contribution in [0.25, 0.3) is 0 Å². The van der Waals surface area contributed by atoms with Crippen molar-refractivity contribution < 1.29 is 19.4 Å². The molecule has 2 unspecified atom stereocenters. The molecule has 0 bridgehead atoms. The number of allylic oxidation sites excluding steroid dienone is 2. The topological polar surface area (TPSA) is 63.6 Å². The lowest BCUT2D eigenvalue weighted by Gasteiger charge is -2.13. The van der Waals surface area contributed by atoms with Gasteiger partial charge >= 0.3 is 11.9 Å². The van der Waals surface area contributed by atoms with Crippen LogP contribution in [0.15, 0.2) is 12.2 Å². The van der Waals surface area contributed by atoms with Crippen LogP contribution in [-0.2, 0) is 14.3 Å². The molecule has 5 heteroatoms. The highest BCUT2D eigenvalue weighted by atomic mass is 32.2. The van der Waals surface area contributed by atoms with Gasteiger partial charge < -0.3 is 9.84 Å². The van der Waals surface area contributed by atoms with Crippen molar-refractivity contribution in [2.45, 2.75) is 121 Å². The van der Waals surface area contributed by atoms with Crippen molar-refractivity contribution in [3.8, 4) is 0 Å². The van der Waals surface area contributed by atoms with Gasteiger partial charge in [-0.3, -0.25) is 9.59 Å². The van der Waals surface area contributed by atoms with Crippen LogP contribution < -0.4 is 0 Å². The summed E-state index contributed by atoms with van der Waals surface area (Å²) in [6, 6.07) is 0. The van der Waals surface area contributed by atoms with Gasteiger partial charge in [-0.15, -0.1) is 11.8 Å². The molecule has 2 atom stereocenters. The molecule has 0 aliphatic heterocycles. The third kappa shape index (κ3) is 18.8. The minimum absolute atomic E-state index is 0.309. The Bertz CT molecular complexity index is 437. The summed E-state index contributed by atoms with van der Waals surface area (Å²) in [5.74, 6) is -1.21. The summed E-state index contributed by atoms with van der Waals surface area (Å²) in [4.78, 5) is 22.6. The van der Waals surface area contributed by atoms with Gasteiger partial charge in [0.15, 0.2) is 0 Å². The molecule has 0 aliphatic carbocycles. The van der Waals surface area contributed by atoms with Crippen molar-refractivity contribution >= 4 is 23.7 Å².